The summed E-state index contributed by atoms with van der Waals surface area (Å²) in [5.74, 6) is -1.97. The van der Waals surface area contributed by atoms with Gasteiger partial charge in [-0.05, 0) is 19.3 Å². The first-order valence-electron chi connectivity index (χ1n) is 7.34. The lowest BCUT2D eigenvalue weighted by atomic mass is 9.67. The standard InChI is InChI=1S/C16H24O7/c1-12(6-9-18)10-16(14(21)22-4,23-13(2)20)15(3,11-19)7-5-8-17/h8-9,11-12H,5-7,10H2,1-4H3/t12-,15-,16+/m0/s1. The Hall–Kier alpha value is -2.05. The van der Waals surface area contributed by atoms with Crippen LogP contribution in [0.5, 0.6) is 0 Å². The molecule has 0 bridgehead atoms. The van der Waals surface area contributed by atoms with Crippen molar-refractivity contribution in [2.24, 2.45) is 11.3 Å². The zero-order valence-corrected chi connectivity index (χ0v) is 14.0. The summed E-state index contributed by atoms with van der Waals surface area (Å²) in [5.41, 5.74) is -3.34. The Morgan fingerprint density at radius 1 is 1.17 bits per heavy atom. The lowest BCUT2D eigenvalue weighted by molar-refractivity contribution is -0.199. The number of hydrogen-bond acceptors (Lipinski definition) is 7. The quantitative estimate of drug-likeness (QED) is 0.415. The Bertz CT molecular complexity index is 459. The molecular weight excluding hydrogens is 304 g/mol. The summed E-state index contributed by atoms with van der Waals surface area (Å²) in [4.78, 5) is 57.2. The molecule has 0 N–H and O–H groups in total. The van der Waals surface area contributed by atoms with Crippen molar-refractivity contribution in [3.8, 4) is 0 Å². The third kappa shape index (κ3) is 4.97. The van der Waals surface area contributed by atoms with Gasteiger partial charge >= 0.3 is 11.9 Å². The minimum absolute atomic E-state index is 0.0101. The number of hydrogen-bond donors (Lipinski definition) is 0. The van der Waals surface area contributed by atoms with E-state index in [1.54, 1.807) is 6.92 Å². The summed E-state index contributed by atoms with van der Waals surface area (Å²) in [5, 5.41) is 0. The topological polar surface area (TPSA) is 104 Å². The van der Waals surface area contributed by atoms with Crippen LogP contribution in [-0.2, 0) is 33.4 Å². The fraction of sp³-hybridized carbons (Fsp3) is 0.688. The van der Waals surface area contributed by atoms with Crippen LogP contribution in [0.3, 0.4) is 0 Å². The van der Waals surface area contributed by atoms with E-state index < -0.39 is 23.0 Å². The average Bonchev–Trinajstić information content (AvgIpc) is 2.50. The summed E-state index contributed by atoms with van der Waals surface area (Å²) in [6, 6.07) is 0. The first kappa shape index (κ1) is 20.9. The predicted molar refractivity (Wildman–Crippen MR) is 80.4 cm³/mol. The van der Waals surface area contributed by atoms with Gasteiger partial charge in [-0.1, -0.05) is 6.92 Å². The van der Waals surface area contributed by atoms with Crippen molar-refractivity contribution in [2.45, 2.75) is 52.1 Å². The second kappa shape index (κ2) is 9.17. The van der Waals surface area contributed by atoms with E-state index >= 15 is 0 Å². The summed E-state index contributed by atoms with van der Waals surface area (Å²) >= 11 is 0. The highest BCUT2D eigenvalue weighted by Crippen LogP contribution is 2.43. The maximum atomic E-state index is 12.4. The number of aldehydes is 3. The molecule has 0 rings (SSSR count). The normalized spacial score (nSPS) is 17.0. The largest absolute Gasteiger partial charge is 0.466 e. The second-order valence-electron chi connectivity index (χ2n) is 5.86. The third-order valence-electron chi connectivity index (χ3n) is 3.93. The van der Waals surface area contributed by atoms with Gasteiger partial charge in [0.05, 0.1) is 12.5 Å². The molecule has 23 heavy (non-hydrogen) atoms. The van der Waals surface area contributed by atoms with E-state index in [1.165, 1.54) is 6.92 Å². The Morgan fingerprint density at radius 3 is 2.17 bits per heavy atom. The monoisotopic (exact) mass is 328 g/mol. The molecule has 0 aromatic carbocycles. The van der Waals surface area contributed by atoms with Crippen LogP contribution >= 0.6 is 0 Å². The number of ether oxygens (including phenoxy) is 2. The molecule has 0 saturated carbocycles. The van der Waals surface area contributed by atoms with Crippen molar-refractivity contribution >= 4 is 30.8 Å². The van der Waals surface area contributed by atoms with Gasteiger partial charge in [-0.25, -0.2) is 4.79 Å². The van der Waals surface area contributed by atoms with Crippen molar-refractivity contribution in [1.82, 2.24) is 0 Å². The molecule has 0 saturated heterocycles. The molecule has 0 amide bonds. The first-order valence-corrected chi connectivity index (χ1v) is 7.34. The zero-order chi connectivity index (χ0) is 18.1. The zero-order valence-electron chi connectivity index (χ0n) is 14.0. The minimum atomic E-state index is -1.89. The molecule has 0 aromatic heterocycles. The lowest BCUT2D eigenvalue weighted by Crippen LogP contribution is -2.58. The molecule has 7 heteroatoms. The Kier molecular flexibility index (Phi) is 8.35. The van der Waals surface area contributed by atoms with Gasteiger partial charge in [-0.3, -0.25) is 4.79 Å². The van der Waals surface area contributed by atoms with Crippen LogP contribution in [0.25, 0.3) is 0 Å². The van der Waals surface area contributed by atoms with E-state index in [4.69, 9.17) is 9.47 Å². The van der Waals surface area contributed by atoms with Crippen LogP contribution in [-0.4, -0.2) is 43.5 Å². The van der Waals surface area contributed by atoms with Crippen LogP contribution in [0.4, 0.5) is 0 Å². The van der Waals surface area contributed by atoms with Gasteiger partial charge in [0, 0.05) is 26.2 Å². The molecule has 0 spiro atoms. The summed E-state index contributed by atoms with van der Waals surface area (Å²) in [6.45, 7) is 4.25. The summed E-state index contributed by atoms with van der Waals surface area (Å²) in [6.07, 6.45) is 1.89. The molecule has 0 aliphatic rings. The van der Waals surface area contributed by atoms with Crippen molar-refractivity contribution in [2.75, 3.05) is 7.11 Å². The Morgan fingerprint density at radius 2 is 1.78 bits per heavy atom. The van der Waals surface area contributed by atoms with Gasteiger partial charge in [0.25, 0.3) is 0 Å². The smallest absolute Gasteiger partial charge is 0.351 e. The van der Waals surface area contributed by atoms with E-state index in [1.807, 2.05) is 0 Å². The predicted octanol–water partition coefficient (Wildman–Crippen LogP) is 1.26. The summed E-state index contributed by atoms with van der Waals surface area (Å²) < 4.78 is 10.1. The van der Waals surface area contributed by atoms with Crippen LogP contribution in [0.1, 0.15) is 46.5 Å². The van der Waals surface area contributed by atoms with Crippen LogP contribution in [0.2, 0.25) is 0 Å². The van der Waals surface area contributed by atoms with E-state index in [2.05, 4.69) is 0 Å². The second-order valence-corrected chi connectivity index (χ2v) is 5.86. The number of rotatable bonds is 11. The molecule has 0 aliphatic heterocycles. The summed E-state index contributed by atoms with van der Waals surface area (Å²) in [7, 11) is 1.12. The van der Waals surface area contributed by atoms with Crippen LogP contribution in [0, 0.1) is 11.3 Å². The number of carbonyl (C=O) groups excluding carboxylic acids is 5. The van der Waals surface area contributed by atoms with Gasteiger partial charge in [0.2, 0.25) is 5.60 Å². The molecule has 0 aliphatic carbocycles. The van der Waals surface area contributed by atoms with Gasteiger partial charge in [0.1, 0.15) is 18.9 Å². The Balaban J connectivity index is 6.08. The maximum absolute atomic E-state index is 12.4. The van der Waals surface area contributed by atoms with Crippen LogP contribution in [0.15, 0.2) is 0 Å². The number of methoxy groups -OCH3 is 1. The highest BCUT2D eigenvalue weighted by Gasteiger charge is 2.58. The van der Waals surface area contributed by atoms with E-state index in [-0.39, 0.29) is 31.6 Å². The maximum Gasteiger partial charge on any atom is 0.351 e. The highest BCUT2D eigenvalue weighted by atomic mass is 16.6. The Labute approximate surface area is 135 Å². The van der Waals surface area contributed by atoms with Crippen molar-refractivity contribution in [3.63, 3.8) is 0 Å². The van der Waals surface area contributed by atoms with Gasteiger partial charge < -0.3 is 23.9 Å². The minimum Gasteiger partial charge on any atom is -0.466 e. The average molecular weight is 328 g/mol. The molecule has 0 unspecified atom stereocenters. The molecule has 0 heterocycles. The molecule has 130 valence electrons. The van der Waals surface area contributed by atoms with E-state index in [0.29, 0.717) is 18.9 Å². The lowest BCUT2D eigenvalue weighted by Gasteiger charge is -2.43. The van der Waals surface area contributed by atoms with Crippen LogP contribution < -0.4 is 0 Å². The van der Waals surface area contributed by atoms with Gasteiger partial charge in [-0.2, -0.15) is 0 Å². The first-order chi connectivity index (χ1) is 10.7. The number of carbonyl (C=O) groups is 5. The molecule has 0 radical (unpaired) electrons. The highest BCUT2D eigenvalue weighted by molar-refractivity contribution is 5.88. The van der Waals surface area contributed by atoms with Crippen molar-refractivity contribution < 1.29 is 33.4 Å². The molecular formula is C16H24O7. The van der Waals surface area contributed by atoms with E-state index in [9.17, 15) is 24.0 Å². The fourth-order valence-electron chi connectivity index (χ4n) is 2.61. The number of esters is 2. The van der Waals surface area contributed by atoms with E-state index in [0.717, 1.165) is 14.0 Å². The van der Waals surface area contributed by atoms with Crippen molar-refractivity contribution in [3.05, 3.63) is 0 Å². The molecule has 3 atom stereocenters. The van der Waals surface area contributed by atoms with Gasteiger partial charge in [0.15, 0.2) is 0 Å². The molecule has 0 aromatic rings. The van der Waals surface area contributed by atoms with Gasteiger partial charge in [-0.15, -0.1) is 0 Å². The SMILES string of the molecule is COC(=O)[C@@](C[C@@H](C)CC=O)(OC(C)=O)[C@](C)(C=O)CCC=O. The fourth-order valence-corrected chi connectivity index (χ4v) is 2.61. The molecule has 0 fully saturated rings. The van der Waals surface area contributed by atoms with Crippen molar-refractivity contribution in [1.29, 1.82) is 0 Å². The molecule has 7 nitrogen and oxygen atoms in total. The third-order valence-corrected chi connectivity index (χ3v) is 3.93.